The average molecular weight is 230 g/mol. The minimum atomic E-state index is 0.165. The van der Waals surface area contributed by atoms with Crippen molar-refractivity contribution >= 4 is 5.69 Å². The lowest BCUT2D eigenvalue weighted by atomic mass is 10.1. The van der Waals surface area contributed by atoms with E-state index in [1.165, 1.54) is 24.1 Å². The maximum atomic E-state index is 6.02. The molecule has 17 heavy (non-hydrogen) atoms. The van der Waals surface area contributed by atoms with E-state index in [4.69, 9.17) is 5.73 Å². The predicted molar refractivity (Wildman–Crippen MR) is 74.2 cm³/mol. The van der Waals surface area contributed by atoms with Gasteiger partial charge in [0.15, 0.2) is 0 Å². The van der Waals surface area contributed by atoms with Crippen molar-refractivity contribution in [2.75, 3.05) is 11.4 Å². The van der Waals surface area contributed by atoms with Crippen LogP contribution >= 0.6 is 0 Å². The lowest BCUT2D eigenvalue weighted by Crippen LogP contribution is -2.25. The van der Waals surface area contributed by atoms with Crippen LogP contribution < -0.4 is 10.6 Å². The van der Waals surface area contributed by atoms with Gasteiger partial charge in [-0.05, 0) is 37.0 Å². The van der Waals surface area contributed by atoms with Gasteiger partial charge in [-0.25, -0.2) is 0 Å². The Labute approximate surface area is 104 Å². The largest absolute Gasteiger partial charge is 0.365 e. The molecule has 1 aromatic rings. The van der Waals surface area contributed by atoms with Gasteiger partial charge in [0, 0.05) is 24.3 Å². The molecule has 0 heterocycles. The second-order valence-electron chi connectivity index (χ2n) is 4.78. The summed E-state index contributed by atoms with van der Waals surface area (Å²) in [7, 11) is 0. The zero-order valence-electron chi connectivity index (χ0n) is 10.6. The number of anilines is 1. The molecule has 0 unspecified atom stereocenters. The van der Waals surface area contributed by atoms with E-state index in [2.05, 4.69) is 42.7 Å². The second-order valence-corrected chi connectivity index (χ2v) is 4.78. The van der Waals surface area contributed by atoms with Crippen LogP contribution in [0.1, 0.15) is 37.8 Å². The third-order valence-corrected chi connectivity index (χ3v) is 3.41. The lowest BCUT2D eigenvalue weighted by molar-refractivity contribution is 0.698. The molecule has 0 bridgehead atoms. The van der Waals surface area contributed by atoms with Crippen LogP contribution in [0.4, 0.5) is 5.69 Å². The van der Waals surface area contributed by atoms with Gasteiger partial charge in [-0.1, -0.05) is 25.1 Å². The number of nitrogens with two attached hydrogens (primary N) is 1. The first-order valence-electron chi connectivity index (χ1n) is 6.49. The summed E-state index contributed by atoms with van der Waals surface area (Å²) in [6.07, 6.45) is 5.58. The highest BCUT2D eigenvalue weighted by Crippen LogP contribution is 2.32. The first kappa shape index (κ1) is 12.2. The predicted octanol–water partition coefficient (Wildman–Crippen LogP) is 3.25. The van der Waals surface area contributed by atoms with Gasteiger partial charge in [-0.15, -0.1) is 6.58 Å². The summed E-state index contributed by atoms with van der Waals surface area (Å²) in [6, 6.07) is 9.57. The molecule has 1 aromatic carbocycles. The molecule has 1 atom stereocenters. The van der Waals surface area contributed by atoms with Gasteiger partial charge in [-0.2, -0.15) is 0 Å². The highest BCUT2D eigenvalue weighted by molar-refractivity contribution is 5.50. The highest BCUT2D eigenvalue weighted by Gasteiger charge is 2.28. The minimum absolute atomic E-state index is 0.165. The molecule has 0 spiro atoms. The van der Waals surface area contributed by atoms with Crippen molar-refractivity contribution in [2.24, 2.45) is 5.73 Å². The molecule has 0 saturated heterocycles. The van der Waals surface area contributed by atoms with E-state index < -0.39 is 0 Å². The van der Waals surface area contributed by atoms with Crippen molar-refractivity contribution in [3.63, 3.8) is 0 Å². The average Bonchev–Trinajstić information content (AvgIpc) is 3.19. The minimum Gasteiger partial charge on any atom is -0.365 e. The maximum absolute atomic E-state index is 6.02. The Morgan fingerprint density at radius 3 is 2.53 bits per heavy atom. The molecule has 92 valence electrons. The number of hydrogen-bond acceptors (Lipinski definition) is 2. The molecule has 2 N–H and O–H groups in total. The smallest absolute Gasteiger partial charge is 0.0371 e. The summed E-state index contributed by atoms with van der Waals surface area (Å²) in [5.41, 5.74) is 8.54. The van der Waals surface area contributed by atoms with Crippen LogP contribution in [0.2, 0.25) is 0 Å². The van der Waals surface area contributed by atoms with E-state index in [-0.39, 0.29) is 6.04 Å². The summed E-state index contributed by atoms with van der Waals surface area (Å²) < 4.78 is 0. The quantitative estimate of drug-likeness (QED) is 0.760. The monoisotopic (exact) mass is 230 g/mol. The van der Waals surface area contributed by atoms with E-state index in [0.29, 0.717) is 0 Å². The third-order valence-electron chi connectivity index (χ3n) is 3.41. The number of hydrogen-bond donors (Lipinski definition) is 1. The van der Waals surface area contributed by atoms with Gasteiger partial charge < -0.3 is 10.6 Å². The van der Waals surface area contributed by atoms with Crippen LogP contribution in [-0.4, -0.2) is 12.6 Å². The Morgan fingerprint density at radius 1 is 1.41 bits per heavy atom. The molecule has 1 aliphatic rings. The Balaban J connectivity index is 2.12. The van der Waals surface area contributed by atoms with E-state index in [1.54, 1.807) is 0 Å². The first-order valence-corrected chi connectivity index (χ1v) is 6.49. The van der Waals surface area contributed by atoms with Crippen LogP contribution in [0.3, 0.4) is 0 Å². The summed E-state index contributed by atoms with van der Waals surface area (Å²) in [5.74, 6) is 0. The zero-order valence-corrected chi connectivity index (χ0v) is 10.6. The molecular weight excluding hydrogens is 208 g/mol. The SMILES string of the molecule is C=CCN(c1ccc([C@H](N)CC)cc1)C1CC1. The van der Waals surface area contributed by atoms with Gasteiger partial charge in [0.05, 0.1) is 0 Å². The molecule has 0 aliphatic heterocycles. The third kappa shape index (κ3) is 2.89. The van der Waals surface area contributed by atoms with Gasteiger partial charge in [0.1, 0.15) is 0 Å². The summed E-state index contributed by atoms with van der Waals surface area (Å²) >= 11 is 0. The molecule has 0 aromatic heterocycles. The second kappa shape index (κ2) is 5.37. The Morgan fingerprint density at radius 2 is 2.06 bits per heavy atom. The van der Waals surface area contributed by atoms with E-state index in [1.807, 2.05) is 6.08 Å². The fourth-order valence-corrected chi connectivity index (χ4v) is 2.14. The normalized spacial score (nSPS) is 16.6. The van der Waals surface area contributed by atoms with Crippen molar-refractivity contribution in [3.8, 4) is 0 Å². The topological polar surface area (TPSA) is 29.3 Å². The van der Waals surface area contributed by atoms with E-state index in [0.717, 1.165) is 19.0 Å². The summed E-state index contributed by atoms with van der Waals surface area (Å²) in [4.78, 5) is 2.42. The fourth-order valence-electron chi connectivity index (χ4n) is 2.14. The molecule has 1 aliphatic carbocycles. The van der Waals surface area contributed by atoms with Gasteiger partial charge in [0.2, 0.25) is 0 Å². The maximum Gasteiger partial charge on any atom is 0.0371 e. The van der Waals surface area contributed by atoms with E-state index >= 15 is 0 Å². The van der Waals surface area contributed by atoms with Crippen molar-refractivity contribution < 1.29 is 0 Å². The molecule has 0 amide bonds. The number of nitrogens with zero attached hydrogens (tertiary/aromatic N) is 1. The van der Waals surface area contributed by atoms with Gasteiger partial charge in [0.25, 0.3) is 0 Å². The van der Waals surface area contributed by atoms with Crippen molar-refractivity contribution in [1.29, 1.82) is 0 Å². The molecule has 2 heteroatoms. The summed E-state index contributed by atoms with van der Waals surface area (Å²) in [6.45, 7) is 6.89. The first-order chi connectivity index (χ1) is 8.26. The highest BCUT2D eigenvalue weighted by atomic mass is 15.2. The van der Waals surface area contributed by atoms with Gasteiger partial charge >= 0.3 is 0 Å². The Hall–Kier alpha value is -1.28. The fraction of sp³-hybridized carbons (Fsp3) is 0.467. The Bertz CT molecular complexity index is 365. The van der Waals surface area contributed by atoms with Crippen molar-refractivity contribution in [1.82, 2.24) is 0 Å². The van der Waals surface area contributed by atoms with Crippen LogP contribution in [0, 0.1) is 0 Å². The molecule has 0 radical (unpaired) electrons. The summed E-state index contributed by atoms with van der Waals surface area (Å²) in [5, 5.41) is 0. The van der Waals surface area contributed by atoms with Crippen LogP contribution in [0.25, 0.3) is 0 Å². The van der Waals surface area contributed by atoms with Crippen LogP contribution in [0.5, 0.6) is 0 Å². The van der Waals surface area contributed by atoms with Gasteiger partial charge in [-0.3, -0.25) is 0 Å². The standard InChI is InChI=1S/C15H22N2/c1-3-11-17(14-9-10-14)13-7-5-12(6-8-13)15(16)4-2/h3,5-8,14-15H,1,4,9-11,16H2,2H3/t15-/m1/s1. The molecule has 1 fully saturated rings. The van der Waals surface area contributed by atoms with Crippen molar-refractivity contribution in [3.05, 3.63) is 42.5 Å². The van der Waals surface area contributed by atoms with Crippen LogP contribution in [-0.2, 0) is 0 Å². The van der Waals surface area contributed by atoms with Crippen molar-refractivity contribution in [2.45, 2.75) is 38.3 Å². The molecule has 1 saturated carbocycles. The lowest BCUT2D eigenvalue weighted by Gasteiger charge is -2.23. The number of benzene rings is 1. The van der Waals surface area contributed by atoms with Crippen LogP contribution in [0.15, 0.2) is 36.9 Å². The Kier molecular flexibility index (Phi) is 3.85. The molecule has 2 nitrogen and oxygen atoms in total. The number of rotatable bonds is 6. The molecular formula is C15H22N2. The zero-order chi connectivity index (χ0) is 12.3. The molecule has 2 rings (SSSR count). The van der Waals surface area contributed by atoms with E-state index in [9.17, 15) is 0 Å².